The highest BCUT2D eigenvalue weighted by molar-refractivity contribution is 5.47. The monoisotopic (exact) mass is 172 g/mol. The molecule has 0 aromatic carbocycles. The molecule has 0 unspecified atom stereocenters. The zero-order valence-corrected chi connectivity index (χ0v) is 8.31. The van der Waals surface area contributed by atoms with Crippen LogP contribution in [0.3, 0.4) is 0 Å². The van der Waals surface area contributed by atoms with Crippen molar-refractivity contribution in [2.45, 2.75) is 39.2 Å². The normalized spacial score (nSPS) is 16.2. The first-order valence-electron chi connectivity index (χ1n) is 4.48. The molecule has 1 aliphatic rings. The summed E-state index contributed by atoms with van der Waals surface area (Å²) in [6, 6.07) is 0. The molecule has 0 aromatic heterocycles. The van der Waals surface area contributed by atoms with E-state index in [9.17, 15) is 4.79 Å². The lowest BCUT2D eigenvalue weighted by Gasteiger charge is -2.15. The highest BCUT2D eigenvalue weighted by atomic mass is 16.1. The maximum absolute atomic E-state index is 9.71. The Morgan fingerprint density at radius 3 is 1.83 bits per heavy atom. The number of carbonyl (C=O) groups excluding carboxylic acids is 1. The molecule has 2 N–H and O–H groups in total. The molecule has 1 saturated heterocycles. The van der Waals surface area contributed by atoms with Crippen LogP contribution in [0.25, 0.3) is 0 Å². The Kier molecular flexibility index (Phi) is 5.72. The number of carbonyl (C=O) groups is 1. The molecule has 3 nitrogen and oxygen atoms in total. The van der Waals surface area contributed by atoms with Gasteiger partial charge in [0.2, 0.25) is 6.41 Å². The summed E-state index contributed by atoms with van der Waals surface area (Å²) in [5.74, 6) is 0. The number of amides is 1. The predicted molar refractivity (Wildman–Crippen MR) is 51.1 cm³/mol. The van der Waals surface area contributed by atoms with Crippen molar-refractivity contribution in [2.24, 2.45) is 0 Å². The average Bonchev–Trinajstić information content (AvgIpc) is 2.38. The van der Waals surface area contributed by atoms with E-state index in [1.807, 2.05) is 20.8 Å². The first kappa shape index (κ1) is 11.4. The Bertz CT molecular complexity index is 107. The molecule has 1 rings (SSSR count). The summed E-state index contributed by atoms with van der Waals surface area (Å²) in [5.41, 5.74) is -0.0677. The van der Waals surface area contributed by atoms with Gasteiger partial charge in [-0.3, -0.25) is 4.79 Å². The van der Waals surface area contributed by atoms with Gasteiger partial charge >= 0.3 is 0 Å². The lowest BCUT2D eigenvalue weighted by molar-refractivity contribution is -0.110. The van der Waals surface area contributed by atoms with Crippen LogP contribution < -0.4 is 10.6 Å². The van der Waals surface area contributed by atoms with Gasteiger partial charge < -0.3 is 10.6 Å². The molecule has 1 amide bonds. The van der Waals surface area contributed by atoms with Crippen molar-refractivity contribution < 1.29 is 4.79 Å². The molecule has 12 heavy (non-hydrogen) atoms. The Hall–Kier alpha value is -0.570. The SMILES string of the molecule is C1CCNC1.CC(C)(C)NC=O. The average molecular weight is 172 g/mol. The minimum atomic E-state index is -0.0677. The van der Waals surface area contributed by atoms with E-state index in [2.05, 4.69) is 10.6 Å². The number of hydrogen-bond donors (Lipinski definition) is 2. The molecular weight excluding hydrogens is 152 g/mol. The maximum Gasteiger partial charge on any atom is 0.207 e. The number of nitrogens with one attached hydrogen (secondary N) is 2. The molecular formula is C9H20N2O. The molecule has 0 spiro atoms. The van der Waals surface area contributed by atoms with Gasteiger partial charge in [-0.25, -0.2) is 0 Å². The predicted octanol–water partition coefficient (Wildman–Crippen LogP) is 0.901. The van der Waals surface area contributed by atoms with Crippen LogP contribution in [-0.4, -0.2) is 25.0 Å². The van der Waals surface area contributed by atoms with E-state index in [-0.39, 0.29) is 5.54 Å². The van der Waals surface area contributed by atoms with E-state index < -0.39 is 0 Å². The Balaban J connectivity index is 0.000000211. The highest BCUT2D eigenvalue weighted by Crippen LogP contribution is 1.94. The summed E-state index contributed by atoms with van der Waals surface area (Å²) >= 11 is 0. The van der Waals surface area contributed by atoms with Crippen LogP contribution in [0, 0.1) is 0 Å². The molecule has 1 heterocycles. The fourth-order valence-electron chi connectivity index (χ4n) is 0.802. The third-order valence-corrected chi connectivity index (χ3v) is 1.45. The smallest absolute Gasteiger partial charge is 0.207 e. The standard InChI is InChI=1S/C5H11NO.C4H9N/c1-5(2,3)6-4-7;1-2-4-5-3-1/h4H,1-3H3,(H,6,7);5H,1-4H2. The molecule has 0 aromatic rings. The zero-order valence-electron chi connectivity index (χ0n) is 8.31. The Morgan fingerprint density at radius 1 is 1.25 bits per heavy atom. The van der Waals surface area contributed by atoms with Gasteiger partial charge in [0, 0.05) is 5.54 Å². The van der Waals surface area contributed by atoms with Crippen LogP contribution in [0.5, 0.6) is 0 Å². The molecule has 3 heteroatoms. The lowest BCUT2D eigenvalue weighted by Crippen LogP contribution is -2.34. The maximum atomic E-state index is 9.71. The second-order valence-electron chi connectivity index (χ2n) is 3.97. The second kappa shape index (κ2) is 6.00. The van der Waals surface area contributed by atoms with Gasteiger partial charge in [0.1, 0.15) is 0 Å². The molecule has 1 aliphatic heterocycles. The van der Waals surface area contributed by atoms with Gasteiger partial charge in [-0.05, 0) is 46.7 Å². The van der Waals surface area contributed by atoms with Gasteiger partial charge in [0.25, 0.3) is 0 Å². The Labute approximate surface area is 74.9 Å². The number of rotatable bonds is 1. The largest absolute Gasteiger partial charge is 0.354 e. The van der Waals surface area contributed by atoms with Crippen molar-refractivity contribution in [3.63, 3.8) is 0 Å². The summed E-state index contributed by atoms with van der Waals surface area (Å²) in [7, 11) is 0. The van der Waals surface area contributed by atoms with E-state index in [1.165, 1.54) is 25.9 Å². The summed E-state index contributed by atoms with van der Waals surface area (Å²) in [5, 5.41) is 5.83. The van der Waals surface area contributed by atoms with E-state index in [0.29, 0.717) is 6.41 Å². The molecule has 0 saturated carbocycles. The third kappa shape index (κ3) is 9.43. The molecule has 72 valence electrons. The van der Waals surface area contributed by atoms with Crippen LogP contribution in [0.2, 0.25) is 0 Å². The molecule has 0 atom stereocenters. The van der Waals surface area contributed by atoms with Crippen molar-refractivity contribution >= 4 is 6.41 Å². The van der Waals surface area contributed by atoms with Gasteiger partial charge in [-0.1, -0.05) is 0 Å². The zero-order chi connectivity index (χ0) is 9.45. The lowest BCUT2D eigenvalue weighted by atomic mass is 10.1. The van der Waals surface area contributed by atoms with Crippen molar-refractivity contribution in [1.29, 1.82) is 0 Å². The van der Waals surface area contributed by atoms with Crippen molar-refractivity contribution in [3.05, 3.63) is 0 Å². The summed E-state index contributed by atoms with van der Waals surface area (Å²) in [4.78, 5) is 9.71. The molecule has 0 radical (unpaired) electrons. The van der Waals surface area contributed by atoms with Crippen LogP contribution >= 0.6 is 0 Å². The summed E-state index contributed by atoms with van der Waals surface area (Å²) in [6.07, 6.45) is 3.49. The van der Waals surface area contributed by atoms with Crippen LogP contribution in [0.4, 0.5) is 0 Å². The van der Waals surface area contributed by atoms with Gasteiger partial charge in [-0.2, -0.15) is 0 Å². The topological polar surface area (TPSA) is 41.1 Å². The molecule has 1 fully saturated rings. The van der Waals surface area contributed by atoms with Crippen molar-refractivity contribution in [3.8, 4) is 0 Å². The van der Waals surface area contributed by atoms with Crippen LogP contribution in [-0.2, 0) is 4.79 Å². The minimum absolute atomic E-state index is 0.0677. The molecule has 0 bridgehead atoms. The van der Waals surface area contributed by atoms with Crippen LogP contribution in [0.15, 0.2) is 0 Å². The fraction of sp³-hybridized carbons (Fsp3) is 0.889. The van der Waals surface area contributed by atoms with Gasteiger partial charge in [-0.15, -0.1) is 0 Å². The summed E-state index contributed by atoms with van der Waals surface area (Å²) in [6.45, 7) is 8.30. The highest BCUT2D eigenvalue weighted by Gasteiger charge is 2.04. The fourth-order valence-corrected chi connectivity index (χ4v) is 0.802. The second-order valence-corrected chi connectivity index (χ2v) is 3.97. The Morgan fingerprint density at radius 2 is 1.75 bits per heavy atom. The van der Waals surface area contributed by atoms with E-state index in [1.54, 1.807) is 0 Å². The van der Waals surface area contributed by atoms with Gasteiger partial charge in [0.05, 0.1) is 0 Å². The van der Waals surface area contributed by atoms with Gasteiger partial charge in [0.15, 0.2) is 0 Å². The van der Waals surface area contributed by atoms with E-state index >= 15 is 0 Å². The van der Waals surface area contributed by atoms with E-state index in [0.717, 1.165) is 0 Å². The van der Waals surface area contributed by atoms with Crippen molar-refractivity contribution in [2.75, 3.05) is 13.1 Å². The van der Waals surface area contributed by atoms with Crippen molar-refractivity contribution in [1.82, 2.24) is 10.6 Å². The first-order valence-corrected chi connectivity index (χ1v) is 4.48. The number of hydrogen-bond acceptors (Lipinski definition) is 2. The first-order chi connectivity index (χ1) is 5.56. The van der Waals surface area contributed by atoms with Crippen LogP contribution in [0.1, 0.15) is 33.6 Å². The quantitative estimate of drug-likeness (QED) is 0.577. The third-order valence-electron chi connectivity index (χ3n) is 1.45. The van der Waals surface area contributed by atoms with E-state index in [4.69, 9.17) is 0 Å². The minimum Gasteiger partial charge on any atom is -0.354 e. The molecule has 0 aliphatic carbocycles. The summed E-state index contributed by atoms with van der Waals surface area (Å²) < 4.78 is 0.